The van der Waals surface area contributed by atoms with Gasteiger partial charge < -0.3 is 5.11 Å². The van der Waals surface area contributed by atoms with Gasteiger partial charge in [0.2, 0.25) is 0 Å². The number of fused-ring (bicyclic) bond motifs is 1. The summed E-state index contributed by atoms with van der Waals surface area (Å²) in [6.45, 7) is 2.08. The molecule has 20 heavy (non-hydrogen) atoms. The number of carboxylic acids is 1. The fourth-order valence-electron chi connectivity index (χ4n) is 2.35. The van der Waals surface area contributed by atoms with Crippen molar-refractivity contribution in [2.75, 3.05) is 0 Å². The molecule has 3 aromatic rings. The van der Waals surface area contributed by atoms with Crippen LogP contribution in [0.15, 0.2) is 60.7 Å². The molecule has 0 aromatic heterocycles. The summed E-state index contributed by atoms with van der Waals surface area (Å²) in [7, 11) is 0. The van der Waals surface area contributed by atoms with E-state index in [0.29, 0.717) is 5.56 Å². The van der Waals surface area contributed by atoms with Gasteiger partial charge in [0.25, 0.3) is 0 Å². The van der Waals surface area contributed by atoms with E-state index in [4.69, 9.17) is 5.11 Å². The molecule has 0 bridgehead atoms. The van der Waals surface area contributed by atoms with Gasteiger partial charge in [0.05, 0.1) is 5.56 Å². The van der Waals surface area contributed by atoms with Crippen LogP contribution in [0.3, 0.4) is 0 Å². The Bertz CT molecular complexity index is 786. The van der Waals surface area contributed by atoms with Gasteiger partial charge >= 0.3 is 5.97 Å². The van der Waals surface area contributed by atoms with Crippen LogP contribution in [-0.4, -0.2) is 11.1 Å². The average molecular weight is 262 g/mol. The van der Waals surface area contributed by atoms with E-state index >= 15 is 0 Å². The minimum Gasteiger partial charge on any atom is -0.478 e. The minimum absolute atomic E-state index is 0.310. The summed E-state index contributed by atoms with van der Waals surface area (Å²) in [5.74, 6) is -0.898. The molecule has 98 valence electrons. The van der Waals surface area contributed by atoms with Gasteiger partial charge in [-0.3, -0.25) is 0 Å². The van der Waals surface area contributed by atoms with E-state index in [1.54, 1.807) is 12.1 Å². The molecule has 3 rings (SSSR count). The zero-order valence-electron chi connectivity index (χ0n) is 11.1. The topological polar surface area (TPSA) is 37.3 Å². The number of benzene rings is 3. The molecule has 0 unspecified atom stereocenters. The third kappa shape index (κ3) is 2.28. The third-order valence-corrected chi connectivity index (χ3v) is 3.46. The van der Waals surface area contributed by atoms with Crippen molar-refractivity contribution in [3.63, 3.8) is 0 Å². The Kier molecular flexibility index (Phi) is 2.99. The first-order chi connectivity index (χ1) is 9.63. The number of hydrogen-bond donors (Lipinski definition) is 1. The molecular formula is C18H14O2. The molecule has 0 aliphatic carbocycles. The number of aryl methyl sites for hydroxylation is 1. The van der Waals surface area contributed by atoms with Crippen LogP contribution in [0, 0.1) is 6.92 Å². The monoisotopic (exact) mass is 262 g/mol. The Morgan fingerprint density at radius 1 is 0.800 bits per heavy atom. The van der Waals surface area contributed by atoms with Crippen molar-refractivity contribution in [2.45, 2.75) is 6.92 Å². The molecule has 0 amide bonds. The second-order valence-corrected chi connectivity index (χ2v) is 4.95. The number of hydrogen-bond acceptors (Lipinski definition) is 1. The van der Waals surface area contributed by atoms with E-state index in [9.17, 15) is 4.79 Å². The van der Waals surface area contributed by atoms with E-state index < -0.39 is 5.97 Å². The summed E-state index contributed by atoms with van der Waals surface area (Å²) in [4.78, 5) is 10.9. The van der Waals surface area contributed by atoms with Gasteiger partial charge in [-0.1, -0.05) is 48.0 Å². The second-order valence-electron chi connectivity index (χ2n) is 4.95. The third-order valence-electron chi connectivity index (χ3n) is 3.46. The summed E-state index contributed by atoms with van der Waals surface area (Å²) in [5, 5.41) is 11.3. The highest BCUT2D eigenvalue weighted by molar-refractivity contribution is 5.90. The average Bonchev–Trinajstić information content (AvgIpc) is 2.47. The highest BCUT2D eigenvalue weighted by Gasteiger charge is 2.04. The molecule has 0 radical (unpaired) electrons. The summed E-state index contributed by atoms with van der Waals surface area (Å²) in [5.41, 5.74) is 3.68. The van der Waals surface area contributed by atoms with E-state index in [2.05, 4.69) is 43.3 Å². The number of aromatic carboxylic acids is 1. The molecule has 3 aromatic carbocycles. The first-order valence-electron chi connectivity index (χ1n) is 6.48. The van der Waals surface area contributed by atoms with Gasteiger partial charge in [-0.15, -0.1) is 0 Å². The van der Waals surface area contributed by atoms with E-state index in [0.717, 1.165) is 11.1 Å². The predicted molar refractivity (Wildman–Crippen MR) is 81.1 cm³/mol. The maximum absolute atomic E-state index is 10.9. The quantitative estimate of drug-likeness (QED) is 0.737. The number of rotatable bonds is 2. The summed E-state index contributed by atoms with van der Waals surface area (Å²) >= 11 is 0. The Hall–Kier alpha value is -2.61. The minimum atomic E-state index is -0.898. The highest BCUT2D eigenvalue weighted by atomic mass is 16.4. The molecular weight excluding hydrogens is 248 g/mol. The van der Waals surface area contributed by atoms with E-state index in [1.807, 2.05) is 12.1 Å². The lowest BCUT2D eigenvalue weighted by molar-refractivity contribution is 0.0697. The van der Waals surface area contributed by atoms with Gasteiger partial charge in [0.1, 0.15) is 0 Å². The van der Waals surface area contributed by atoms with Gasteiger partial charge in [-0.05, 0) is 47.0 Å². The molecule has 0 heterocycles. The van der Waals surface area contributed by atoms with Crippen molar-refractivity contribution in [1.29, 1.82) is 0 Å². The van der Waals surface area contributed by atoms with E-state index in [-0.39, 0.29) is 0 Å². The molecule has 0 atom stereocenters. The van der Waals surface area contributed by atoms with Gasteiger partial charge in [-0.25, -0.2) is 4.79 Å². The normalized spacial score (nSPS) is 10.7. The summed E-state index contributed by atoms with van der Waals surface area (Å²) in [6.07, 6.45) is 0. The van der Waals surface area contributed by atoms with Gasteiger partial charge in [-0.2, -0.15) is 0 Å². The fraction of sp³-hybridized carbons (Fsp3) is 0.0556. The maximum Gasteiger partial charge on any atom is 0.335 e. The lowest BCUT2D eigenvalue weighted by atomic mass is 9.99. The van der Waals surface area contributed by atoms with Crippen molar-refractivity contribution in [3.05, 3.63) is 71.8 Å². The van der Waals surface area contributed by atoms with Crippen molar-refractivity contribution in [1.82, 2.24) is 0 Å². The molecule has 2 nitrogen and oxygen atoms in total. The van der Waals surface area contributed by atoms with Crippen LogP contribution in [0.4, 0.5) is 0 Å². The number of carbonyl (C=O) groups is 1. The summed E-state index contributed by atoms with van der Waals surface area (Å²) < 4.78 is 0. The first-order valence-corrected chi connectivity index (χ1v) is 6.48. The lowest BCUT2D eigenvalue weighted by Crippen LogP contribution is -1.94. The molecule has 0 aliphatic rings. The molecule has 2 heteroatoms. The Balaban J connectivity index is 2.05. The van der Waals surface area contributed by atoms with Crippen molar-refractivity contribution in [2.24, 2.45) is 0 Å². The van der Waals surface area contributed by atoms with E-state index in [1.165, 1.54) is 16.3 Å². The van der Waals surface area contributed by atoms with Crippen LogP contribution in [-0.2, 0) is 0 Å². The van der Waals surface area contributed by atoms with Crippen molar-refractivity contribution in [3.8, 4) is 11.1 Å². The highest BCUT2D eigenvalue weighted by Crippen LogP contribution is 2.25. The summed E-state index contributed by atoms with van der Waals surface area (Å²) in [6, 6.07) is 19.6. The Labute approximate surface area is 117 Å². The number of carboxylic acid groups (broad SMARTS) is 1. The van der Waals surface area contributed by atoms with Gasteiger partial charge in [0.15, 0.2) is 0 Å². The van der Waals surface area contributed by atoms with Gasteiger partial charge in [0, 0.05) is 0 Å². The Morgan fingerprint density at radius 3 is 2.10 bits per heavy atom. The fourth-order valence-corrected chi connectivity index (χ4v) is 2.35. The van der Waals surface area contributed by atoms with Crippen LogP contribution in [0.1, 0.15) is 15.9 Å². The molecule has 0 aliphatic heterocycles. The Morgan fingerprint density at radius 2 is 1.40 bits per heavy atom. The van der Waals surface area contributed by atoms with Crippen LogP contribution in [0.25, 0.3) is 21.9 Å². The zero-order valence-corrected chi connectivity index (χ0v) is 11.1. The van der Waals surface area contributed by atoms with Crippen LogP contribution in [0.2, 0.25) is 0 Å². The molecule has 0 saturated heterocycles. The largest absolute Gasteiger partial charge is 0.478 e. The smallest absolute Gasteiger partial charge is 0.335 e. The molecule has 0 saturated carbocycles. The zero-order chi connectivity index (χ0) is 14.1. The lowest BCUT2D eigenvalue weighted by Gasteiger charge is -2.05. The molecule has 0 spiro atoms. The molecule has 1 N–H and O–H groups in total. The second kappa shape index (κ2) is 4.82. The maximum atomic E-state index is 10.9. The van der Waals surface area contributed by atoms with Crippen molar-refractivity contribution < 1.29 is 9.90 Å². The van der Waals surface area contributed by atoms with Crippen molar-refractivity contribution >= 4 is 16.7 Å². The predicted octanol–water partition coefficient (Wildman–Crippen LogP) is 4.51. The van der Waals surface area contributed by atoms with Crippen LogP contribution in [0.5, 0.6) is 0 Å². The first kappa shape index (κ1) is 12.4. The van der Waals surface area contributed by atoms with Crippen LogP contribution >= 0.6 is 0 Å². The SMILES string of the molecule is Cc1ccc2cc(-c3ccc(C(=O)O)cc3)ccc2c1. The molecule has 0 fully saturated rings. The van der Waals surface area contributed by atoms with Crippen LogP contribution < -0.4 is 0 Å². The standard InChI is InChI=1S/C18H14O2/c1-12-2-3-17-11-16(9-8-15(17)10-12)13-4-6-14(7-5-13)18(19)20/h2-11H,1H3,(H,19,20).